The lowest BCUT2D eigenvalue weighted by Gasteiger charge is -1.97. The van der Waals surface area contributed by atoms with Gasteiger partial charge in [-0.25, -0.2) is 0 Å². The molecule has 0 saturated carbocycles. The quantitative estimate of drug-likeness (QED) is 0.638. The third kappa shape index (κ3) is 2.34. The van der Waals surface area contributed by atoms with Crippen molar-refractivity contribution >= 4 is 21.7 Å². The number of benzene rings is 1. The normalized spacial score (nSPS) is 9.75. The third-order valence-corrected chi connectivity index (χ3v) is 1.91. The smallest absolute Gasteiger partial charge is 0.163 e. The van der Waals surface area contributed by atoms with Gasteiger partial charge in [0.15, 0.2) is 5.78 Å². The fourth-order valence-electron chi connectivity index (χ4n) is 0.877. The molecule has 0 radical (unpaired) electrons. The van der Waals surface area contributed by atoms with Crippen LogP contribution >= 0.6 is 15.9 Å². The monoisotopic (exact) mass is 228 g/mol. The van der Waals surface area contributed by atoms with Gasteiger partial charge >= 0.3 is 0 Å². The summed E-state index contributed by atoms with van der Waals surface area (Å²) in [5, 5.41) is 9.62. The molecule has 2 nitrogen and oxygen atoms in total. The van der Waals surface area contributed by atoms with Crippen LogP contribution in [0.1, 0.15) is 16.8 Å². The van der Waals surface area contributed by atoms with Crippen molar-refractivity contribution in [2.75, 3.05) is 5.33 Å². The highest BCUT2D eigenvalue weighted by atomic mass is 79.9. The van der Waals surface area contributed by atoms with Crippen LogP contribution in [0.4, 0.5) is 0 Å². The zero-order chi connectivity index (χ0) is 8.97. The highest BCUT2D eigenvalue weighted by Crippen LogP contribution is 2.11. The summed E-state index contributed by atoms with van der Waals surface area (Å²) >= 11 is 3.19. The molecule has 0 spiro atoms. The van der Waals surface area contributed by atoms with Crippen LogP contribution in [-0.4, -0.2) is 16.2 Å². The van der Waals surface area contributed by atoms with Crippen LogP contribution in [0.5, 0.6) is 5.75 Å². The molecule has 0 aromatic heterocycles. The Morgan fingerprint density at radius 1 is 1.33 bits per heavy atom. The molecule has 1 aromatic carbocycles. The fraction of sp³-hybridized carbons (Fsp3) is 0.222. The zero-order valence-corrected chi connectivity index (χ0v) is 8.04. The number of halogens is 1. The Balaban J connectivity index is 2.75. The minimum atomic E-state index is 0.0897. The molecule has 0 fully saturated rings. The summed E-state index contributed by atoms with van der Waals surface area (Å²) in [5.74, 6) is 0.275. The number of aromatic hydroxyl groups is 1. The van der Waals surface area contributed by atoms with Gasteiger partial charge in [-0.1, -0.05) is 15.9 Å². The summed E-state index contributed by atoms with van der Waals surface area (Å²) in [6.07, 6.45) is 0.491. The van der Waals surface area contributed by atoms with Crippen LogP contribution in [0.15, 0.2) is 24.3 Å². The summed E-state index contributed by atoms with van der Waals surface area (Å²) in [5.41, 5.74) is 0.646. The maximum atomic E-state index is 11.2. The standard InChI is InChI=1S/C9H9BrO2/c10-6-5-9(12)7-1-3-8(11)4-2-7/h1-4,11H,5-6H2. The first kappa shape index (κ1) is 9.26. The van der Waals surface area contributed by atoms with E-state index in [4.69, 9.17) is 5.11 Å². The molecule has 12 heavy (non-hydrogen) atoms. The Morgan fingerprint density at radius 2 is 1.92 bits per heavy atom. The van der Waals surface area contributed by atoms with Crippen LogP contribution in [0, 0.1) is 0 Å². The number of ketones is 1. The predicted octanol–water partition coefficient (Wildman–Crippen LogP) is 2.36. The summed E-state index contributed by atoms with van der Waals surface area (Å²) in [6, 6.07) is 6.28. The summed E-state index contributed by atoms with van der Waals surface area (Å²) in [7, 11) is 0. The molecule has 0 aliphatic heterocycles. The van der Waals surface area contributed by atoms with E-state index in [0.29, 0.717) is 17.3 Å². The van der Waals surface area contributed by atoms with Crippen molar-refractivity contribution in [3.05, 3.63) is 29.8 Å². The molecule has 0 amide bonds. The molecular formula is C9H9BrO2. The van der Waals surface area contributed by atoms with Crippen LogP contribution in [-0.2, 0) is 0 Å². The molecule has 1 rings (SSSR count). The van der Waals surface area contributed by atoms with E-state index in [1.165, 1.54) is 12.1 Å². The number of carbonyl (C=O) groups is 1. The van der Waals surface area contributed by atoms with E-state index in [2.05, 4.69) is 15.9 Å². The molecule has 0 aliphatic rings. The van der Waals surface area contributed by atoms with E-state index in [9.17, 15) is 4.79 Å². The third-order valence-electron chi connectivity index (χ3n) is 1.51. The van der Waals surface area contributed by atoms with Gasteiger partial charge in [-0.05, 0) is 24.3 Å². The van der Waals surface area contributed by atoms with Crippen LogP contribution in [0.3, 0.4) is 0 Å². The summed E-state index contributed by atoms with van der Waals surface area (Å²) < 4.78 is 0. The van der Waals surface area contributed by atoms with Gasteiger partial charge in [-0.15, -0.1) is 0 Å². The molecule has 0 unspecified atom stereocenters. The van der Waals surface area contributed by atoms with Gasteiger partial charge in [-0.2, -0.15) is 0 Å². The average molecular weight is 229 g/mol. The number of carbonyl (C=O) groups excluding carboxylic acids is 1. The lowest BCUT2D eigenvalue weighted by molar-refractivity contribution is 0.0990. The second-order valence-electron chi connectivity index (χ2n) is 2.41. The Kier molecular flexibility index (Phi) is 3.29. The van der Waals surface area contributed by atoms with Crippen LogP contribution in [0.2, 0.25) is 0 Å². The lowest BCUT2D eigenvalue weighted by Crippen LogP contribution is -1.98. The summed E-state index contributed by atoms with van der Waals surface area (Å²) in [4.78, 5) is 11.2. The average Bonchev–Trinajstić information content (AvgIpc) is 2.06. The van der Waals surface area contributed by atoms with Crippen molar-refractivity contribution in [3.63, 3.8) is 0 Å². The SMILES string of the molecule is O=C(CCBr)c1ccc(O)cc1. The van der Waals surface area contributed by atoms with Gasteiger partial charge in [0.25, 0.3) is 0 Å². The number of phenolic OH excluding ortho intramolecular Hbond substituents is 1. The molecule has 64 valence electrons. The molecular weight excluding hydrogens is 220 g/mol. The Labute approximate surface area is 79.3 Å². The van der Waals surface area contributed by atoms with Gasteiger partial charge in [0.05, 0.1) is 0 Å². The van der Waals surface area contributed by atoms with Gasteiger partial charge < -0.3 is 5.11 Å². The van der Waals surface area contributed by atoms with Gasteiger partial charge in [-0.3, -0.25) is 4.79 Å². The van der Waals surface area contributed by atoms with Crippen molar-refractivity contribution in [2.45, 2.75) is 6.42 Å². The first-order valence-corrected chi connectivity index (χ1v) is 4.74. The predicted molar refractivity (Wildman–Crippen MR) is 50.8 cm³/mol. The topological polar surface area (TPSA) is 37.3 Å². The number of hydrogen-bond donors (Lipinski definition) is 1. The van der Waals surface area contributed by atoms with E-state index in [-0.39, 0.29) is 11.5 Å². The molecule has 0 atom stereocenters. The van der Waals surface area contributed by atoms with E-state index >= 15 is 0 Å². The first-order chi connectivity index (χ1) is 5.74. The molecule has 0 bridgehead atoms. The molecule has 1 aromatic rings. The van der Waals surface area contributed by atoms with Crippen molar-refractivity contribution < 1.29 is 9.90 Å². The molecule has 0 heterocycles. The van der Waals surface area contributed by atoms with E-state index in [1.54, 1.807) is 12.1 Å². The van der Waals surface area contributed by atoms with E-state index in [0.717, 1.165) is 0 Å². The molecule has 0 saturated heterocycles. The van der Waals surface area contributed by atoms with Crippen molar-refractivity contribution in [1.29, 1.82) is 0 Å². The Hall–Kier alpha value is -0.830. The maximum Gasteiger partial charge on any atom is 0.163 e. The number of phenols is 1. The van der Waals surface area contributed by atoms with E-state index in [1.807, 2.05) is 0 Å². The Bertz CT molecular complexity index is 266. The second-order valence-corrected chi connectivity index (χ2v) is 3.20. The van der Waals surface area contributed by atoms with Gasteiger partial charge in [0.2, 0.25) is 0 Å². The highest BCUT2D eigenvalue weighted by molar-refractivity contribution is 9.09. The minimum absolute atomic E-state index is 0.0897. The van der Waals surface area contributed by atoms with Crippen molar-refractivity contribution in [1.82, 2.24) is 0 Å². The van der Waals surface area contributed by atoms with Gasteiger partial charge in [0.1, 0.15) is 5.75 Å². The lowest BCUT2D eigenvalue weighted by atomic mass is 10.1. The Morgan fingerprint density at radius 3 is 2.42 bits per heavy atom. The van der Waals surface area contributed by atoms with E-state index < -0.39 is 0 Å². The van der Waals surface area contributed by atoms with Crippen LogP contribution in [0.25, 0.3) is 0 Å². The number of alkyl halides is 1. The zero-order valence-electron chi connectivity index (χ0n) is 6.46. The first-order valence-electron chi connectivity index (χ1n) is 3.62. The molecule has 1 N–H and O–H groups in total. The van der Waals surface area contributed by atoms with Crippen molar-refractivity contribution in [3.8, 4) is 5.75 Å². The number of Topliss-reactive ketones (excluding diaryl/α,β-unsaturated/α-hetero) is 1. The number of rotatable bonds is 3. The fourth-order valence-corrected chi connectivity index (χ4v) is 1.24. The van der Waals surface area contributed by atoms with Crippen LogP contribution < -0.4 is 0 Å². The molecule has 0 aliphatic carbocycles. The minimum Gasteiger partial charge on any atom is -0.508 e. The molecule has 3 heteroatoms. The largest absolute Gasteiger partial charge is 0.508 e. The van der Waals surface area contributed by atoms with Crippen molar-refractivity contribution in [2.24, 2.45) is 0 Å². The highest BCUT2D eigenvalue weighted by Gasteiger charge is 2.03. The van der Waals surface area contributed by atoms with Gasteiger partial charge in [0, 0.05) is 17.3 Å². The second kappa shape index (κ2) is 4.26. The number of hydrogen-bond acceptors (Lipinski definition) is 2. The maximum absolute atomic E-state index is 11.2. The summed E-state index contributed by atoms with van der Waals surface area (Å²) in [6.45, 7) is 0.